The van der Waals surface area contributed by atoms with E-state index in [-0.39, 0.29) is 5.91 Å². The van der Waals surface area contributed by atoms with E-state index in [9.17, 15) is 4.79 Å². The summed E-state index contributed by atoms with van der Waals surface area (Å²) in [4.78, 5) is 14.4. The molecule has 0 bridgehead atoms. The first-order valence-electron chi connectivity index (χ1n) is 6.96. The number of carbonyl (C=O) groups is 1. The second-order valence-electron chi connectivity index (χ2n) is 5.05. The number of halogens is 1. The van der Waals surface area contributed by atoms with Crippen LogP contribution in [0.2, 0.25) is 0 Å². The predicted molar refractivity (Wildman–Crippen MR) is 86.3 cm³/mol. The number of benzene rings is 1. The first-order chi connectivity index (χ1) is 9.20. The van der Waals surface area contributed by atoms with Crippen molar-refractivity contribution in [3.05, 3.63) is 33.4 Å². The van der Waals surface area contributed by atoms with Crippen molar-refractivity contribution in [1.29, 1.82) is 0 Å². The number of nitrogens with zero attached hydrogens (tertiary/aromatic N) is 1. The van der Waals surface area contributed by atoms with E-state index in [0.717, 1.165) is 54.1 Å². The molecular weight excluding hydrogens is 351 g/mol. The molecule has 1 aliphatic rings. The van der Waals surface area contributed by atoms with Crippen LogP contribution in [0.3, 0.4) is 0 Å². The highest BCUT2D eigenvalue weighted by molar-refractivity contribution is 14.1. The van der Waals surface area contributed by atoms with Crippen LogP contribution in [-0.4, -0.2) is 37.0 Å². The van der Waals surface area contributed by atoms with Crippen LogP contribution in [0.1, 0.15) is 30.1 Å². The van der Waals surface area contributed by atoms with Crippen LogP contribution in [0.5, 0.6) is 0 Å². The minimum atomic E-state index is 0.181. The minimum absolute atomic E-state index is 0.181. The average molecular weight is 372 g/mol. The fourth-order valence-corrected chi connectivity index (χ4v) is 3.04. The van der Waals surface area contributed by atoms with Gasteiger partial charge in [-0.2, -0.15) is 0 Å². The average Bonchev–Trinajstić information content (AvgIpc) is 2.45. The van der Waals surface area contributed by atoms with Crippen molar-refractivity contribution < 1.29 is 4.79 Å². The van der Waals surface area contributed by atoms with Crippen molar-refractivity contribution >= 4 is 28.5 Å². The van der Waals surface area contributed by atoms with Gasteiger partial charge in [-0.3, -0.25) is 4.79 Å². The van der Waals surface area contributed by atoms with Gasteiger partial charge in [0.2, 0.25) is 0 Å². The van der Waals surface area contributed by atoms with E-state index >= 15 is 0 Å². The van der Waals surface area contributed by atoms with E-state index in [1.165, 1.54) is 0 Å². The van der Waals surface area contributed by atoms with Gasteiger partial charge < -0.3 is 10.2 Å². The van der Waals surface area contributed by atoms with Gasteiger partial charge in [0.25, 0.3) is 5.91 Å². The third-order valence-electron chi connectivity index (χ3n) is 3.66. The van der Waals surface area contributed by atoms with E-state index < -0.39 is 0 Å². The molecule has 0 saturated carbocycles. The van der Waals surface area contributed by atoms with Crippen molar-refractivity contribution in [2.75, 3.05) is 26.2 Å². The molecule has 0 radical (unpaired) electrons. The van der Waals surface area contributed by atoms with Crippen LogP contribution >= 0.6 is 22.6 Å². The van der Waals surface area contributed by atoms with Crippen LogP contribution in [0, 0.1) is 9.49 Å². The molecule has 0 atom stereocenters. The Labute approximate surface area is 128 Å². The lowest BCUT2D eigenvalue weighted by atomic mass is 9.96. The lowest BCUT2D eigenvalue weighted by molar-refractivity contribution is 0.0690. The monoisotopic (exact) mass is 372 g/mol. The molecule has 1 aromatic carbocycles. The van der Waals surface area contributed by atoms with Crippen LogP contribution in [0.4, 0.5) is 0 Å². The summed E-state index contributed by atoms with van der Waals surface area (Å²) in [5.74, 6) is 0.903. The SMILES string of the molecule is CCNCC1CCN(C(=O)c2cccc(I)c2)CC1. The summed E-state index contributed by atoms with van der Waals surface area (Å²) in [6, 6.07) is 7.84. The number of nitrogens with one attached hydrogen (secondary N) is 1. The van der Waals surface area contributed by atoms with Crippen molar-refractivity contribution in [3.63, 3.8) is 0 Å². The Morgan fingerprint density at radius 3 is 2.79 bits per heavy atom. The standard InChI is InChI=1S/C15H21IN2O/c1-2-17-11-12-6-8-18(9-7-12)15(19)13-4-3-5-14(16)10-13/h3-5,10,12,17H,2,6-9,11H2,1H3. The Morgan fingerprint density at radius 1 is 1.42 bits per heavy atom. The number of rotatable bonds is 4. The summed E-state index contributed by atoms with van der Waals surface area (Å²) >= 11 is 2.25. The fourth-order valence-electron chi connectivity index (χ4n) is 2.49. The van der Waals surface area contributed by atoms with Crippen molar-refractivity contribution in [3.8, 4) is 0 Å². The quantitative estimate of drug-likeness (QED) is 0.825. The number of hydrogen-bond acceptors (Lipinski definition) is 2. The highest BCUT2D eigenvalue weighted by Gasteiger charge is 2.23. The maximum Gasteiger partial charge on any atom is 0.253 e. The van der Waals surface area contributed by atoms with Crippen LogP contribution in [0.25, 0.3) is 0 Å². The molecule has 1 aliphatic heterocycles. The van der Waals surface area contributed by atoms with Crippen LogP contribution in [0.15, 0.2) is 24.3 Å². The topological polar surface area (TPSA) is 32.3 Å². The second kappa shape index (κ2) is 7.24. The van der Waals surface area contributed by atoms with Gasteiger partial charge in [0, 0.05) is 22.2 Å². The summed E-state index contributed by atoms with van der Waals surface area (Å²) in [6.07, 6.45) is 2.23. The van der Waals surface area contributed by atoms with Gasteiger partial charge in [-0.25, -0.2) is 0 Å². The molecular formula is C15H21IN2O. The fraction of sp³-hybridized carbons (Fsp3) is 0.533. The third-order valence-corrected chi connectivity index (χ3v) is 4.33. The number of carbonyl (C=O) groups excluding carboxylic acids is 1. The molecule has 1 amide bonds. The second-order valence-corrected chi connectivity index (χ2v) is 6.30. The lowest BCUT2D eigenvalue weighted by Gasteiger charge is -2.32. The Balaban J connectivity index is 1.89. The zero-order valence-electron chi connectivity index (χ0n) is 11.4. The summed E-state index contributed by atoms with van der Waals surface area (Å²) < 4.78 is 1.12. The number of amides is 1. The predicted octanol–water partition coefficient (Wildman–Crippen LogP) is 2.75. The molecule has 1 heterocycles. The summed E-state index contributed by atoms with van der Waals surface area (Å²) in [5, 5.41) is 3.40. The molecule has 1 saturated heterocycles. The largest absolute Gasteiger partial charge is 0.339 e. The number of hydrogen-bond donors (Lipinski definition) is 1. The maximum atomic E-state index is 12.4. The zero-order valence-corrected chi connectivity index (χ0v) is 13.5. The normalized spacial score (nSPS) is 16.6. The molecule has 19 heavy (non-hydrogen) atoms. The summed E-state index contributed by atoms with van der Waals surface area (Å²) in [6.45, 7) is 6.03. The van der Waals surface area contributed by atoms with Gasteiger partial charge in [0.05, 0.1) is 0 Å². The van der Waals surface area contributed by atoms with Crippen LogP contribution < -0.4 is 5.32 Å². The van der Waals surface area contributed by atoms with E-state index in [1.807, 2.05) is 29.2 Å². The first-order valence-corrected chi connectivity index (χ1v) is 8.04. The van der Waals surface area contributed by atoms with E-state index in [0.29, 0.717) is 0 Å². The Bertz CT molecular complexity index is 428. The molecule has 4 heteroatoms. The summed E-state index contributed by atoms with van der Waals surface area (Å²) in [7, 11) is 0. The van der Waals surface area contributed by atoms with Crippen molar-refractivity contribution in [2.45, 2.75) is 19.8 Å². The molecule has 104 valence electrons. The Hall–Kier alpha value is -0.620. The third kappa shape index (κ3) is 4.18. The Kier molecular flexibility index (Phi) is 5.63. The Morgan fingerprint density at radius 2 is 2.16 bits per heavy atom. The van der Waals surface area contributed by atoms with E-state index in [1.54, 1.807) is 0 Å². The molecule has 0 aromatic heterocycles. The maximum absolute atomic E-state index is 12.4. The van der Waals surface area contributed by atoms with Gasteiger partial charge in [-0.05, 0) is 72.6 Å². The van der Waals surface area contributed by atoms with E-state index in [2.05, 4.69) is 34.8 Å². The molecule has 0 unspecified atom stereocenters. The lowest BCUT2D eigenvalue weighted by Crippen LogP contribution is -2.40. The minimum Gasteiger partial charge on any atom is -0.339 e. The van der Waals surface area contributed by atoms with E-state index in [4.69, 9.17) is 0 Å². The molecule has 1 aromatic rings. The zero-order chi connectivity index (χ0) is 13.7. The van der Waals surface area contributed by atoms with Crippen molar-refractivity contribution in [1.82, 2.24) is 10.2 Å². The van der Waals surface area contributed by atoms with Gasteiger partial charge in [-0.1, -0.05) is 13.0 Å². The van der Waals surface area contributed by atoms with Gasteiger partial charge in [0.1, 0.15) is 0 Å². The summed E-state index contributed by atoms with van der Waals surface area (Å²) in [5.41, 5.74) is 0.817. The van der Waals surface area contributed by atoms with Gasteiger partial charge in [0.15, 0.2) is 0 Å². The highest BCUT2D eigenvalue weighted by atomic mass is 127. The van der Waals surface area contributed by atoms with Gasteiger partial charge >= 0.3 is 0 Å². The molecule has 2 rings (SSSR count). The molecule has 3 nitrogen and oxygen atoms in total. The molecule has 1 N–H and O–H groups in total. The van der Waals surface area contributed by atoms with Crippen LogP contribution in [-0.2, 0) is 0 Å². The number of likely N-dealkylation sites (tertiary alicyclic amines) is 1. The molecule has 0 spiro atoms. The molecule has 1 fully saturated rings. The molecule has 0 aliphatic carbocycles. The first kappa shape index (κ1) is 14.8. The highest BCUT2D eigenvalue weighted by Crippen LogP contribution is 2.19. The smallest absolute Gasteiger partial charge is 0.253 e. The number of piperidine rings is 1. The van der Waals surface area contributed by atoms with Crippen molar-refractivity contribution in [2.24, 2.45) is 5.92 Å². The van der Waals surface area contributed by atoms with Gasteiger partial charge in [-0.15, -0.1) is 0 Å².